The maximum Gasteiger partial charge on any atom is 0.349 e. The average Bonchev–Trinajstić information content (AvgIpc) is 2.85. The van der Waals surface area contributed by atoms with Gasteiger partial charge >= 0.3 is 11.6 Å². The van der Waals surface area contributed by atoms with Crippen LogP contribution in [-0.4, -0.2) is 12.6 Å². The Morgan fingerprint density at radius 1 is 0.829 bits per heavy atom. The van der Waals surface area contributed by atoms with Gasteiger partial charge in [-0.3, -0.25) is 4.79 Å². The normalized spacial score (nSPS) is 10.9. The molecule has 3 aromatic carbocycles. The Hall–Kier alpha value is -4.85. The highest BCUT2D eigenvalue weighted by Gasteiger charge is 2.12. The summed E-state index contributed by atoms with van der Waals surface area (Å²) in [5.41, 5.74) is 0.546. The molecule has 2 aromatic heterocycles. The van der Waals surface area contributed by atoms with E-state index in [1.54, 1.807) is 49.4 Å². The topological polar surface area (TPSA) is 105 Å². The molecule has 0 spiro atoms. The predicted molar refractivity (Wildman–Crippen MR) is 127 cm³/mol. The van der Waals surface area contributed by atoms with Gasteiger partial charge in [0.2, 0.25) is 11.2 Å². The molecule has 5 rings (SSSR count). The Morgan fingerprint density at radius 2 is 1.57 bits per heavy atom. The van der Waals surface area contributed by atoms with E-state index in [1.807, 2.05) is 6.07 Å². The fourth-order valence-corrected chi connectivity index (χ4v) is 3.54. The highest BCUT2D eigenvalue weighted by atomic mass is 16.6. The van der Waals surface area contributed by atoms with Gasteiger partial charge in [0.25, 0.3) is 0 Å². The number of carbonyl (C=O) groups is 1. The molecule has 0 unspecified atom stereocenters. The number of para-hydroxylation sites is 1. The number of ether oxygens (including phenoxy) is 3. The fraction of sp³-hybridized carbons (Fsp3) is 0.0741. The first kappa shape index (κ1) is 22.0. The van der Waals surface area contributed by atoms with Crippen LogP contribution in [0.4, 0.5) is 0 Å². The van der Waals surface area contributed by atoms with Gasteiger partial charge in [-0.05, 0) is 48.9 Å². The van der Waals surface area contributed by atoms with Crippen molar-refractivity contribution in [2.24, 2.45) is 0 Å². The molecule has 0 bridgehead atoms. The maximum atomic E-state index is 12.7. The molecule has 5 aromatic rings. The lowest BCUT2D eigenvalue weighted by molar-refractivity contribution is -0.136. The third-order valence-corrected chi connectivity index (χ3v) is 5.20. The lowest BCUT2D eigenvalue weighted by atomic mass is 10.1. The molecular formula is C27H18O8. The van der Waals surface area contributed by atoms with Crippen LogP contribution in [-0.2, 0) is 4.79 Å². The summed E-state index contributed by atoms with van der Waals surface area (Å²) in [6.07, 6.45) is 1.23. The third-order valence-electron chi connectivity index (χ3n) is 5.20. The third kappa shape index (κ3) is 4.77. The minimum atomic E-state index is -0.660. The van der Waals surface area contributed by atoms with E-state index in [1.165, 1.54) is 30.5 Å². The van der Waals surface area contributed by atoms with E-state index < -0.39 is 11.6 Å². The molecular weight excluding hydrogens is 452 g/mol. The Bertz CT molecular complexity index is 1660. The number of aryl methyl sites for hydroxylation is 1. The first-order chi connectivity index (χ1) is 17.0. The second kappa shape index (κ2) is 9.18. The quantitative estimate of drug-likeness (QED) is 0.194. The van der Waals surface area contributed by atoms with Crippen LogP contribution in [0.2, 0.25) is 0 Å². The monoisotopic (exact) mass is 470 g/mol. The minimum Gasteiger partial charge on any atom is -0.482 e. The Balaban J connectivity index is 1.27. The standard InChI is InChI=1S/C27H18O8/c1-16-11-25(28)35-23-13-19(8-9-20(16)23)34-26(29)15-31-18-7-10-21-22(12-18)32-14-24(27(21)30)33-17-5-3-2-4-6-17/h2-14H,15H2,1H3. The molecule has 0 aliphatic heterocycles. The van der Waals surface area contributed by atoms with Crippen molar-refractivity contribution in [1.29, 1.82) is 0 Å². The van der Waals surface area contributed by atoms with Crippen molar-refractivity contribution in [2.75, 3.05) is 6.61 Å². The van der Waals surface area contributed by atoms with E-state index >= 15 is 0 Å². The highest BCUT2D eigenvalue weighted by Crippen LogP contribution is 2.25. The molecule has 8 heteroatoms. The summed E-state index contributed by atoms with van der Waals surface area (Å²) in [6, 6.07) is 19.7. The Morgan fingerprint density at radius 3 is 2.40 bits per heavy atom. The Kier molecular flexibility index (Phi) is 5.76. The van der Waals surface area contributed by atoms with Crippen molar-refractivity contribution in [3.8, 4) is 23.0 Å². The SMILES string of the molecule is Cc1cc(=O)oc2cc(OC(=O)COc3ccc4c(=O)c(Oc5ccccc5)coc4c3)ccc12. The fourth-order valence-electron chi connectivity index (χ4n) is 3.54. The van der Waals surface area contributed by atoms with Gasteiger partial charge < -0.3 is 23.0 Å². The van der Waals surface area contributed by atoms with Gasteiger partial charge in [-0.25, -0.2) is 9.59 Å². The van der Waals surface area contributed by atoms with Gasteiger partial charge in [-0.1, -0.05) is 18.2 Å². The average molecular weight is 470 g/mol. The van der Waals surface area contributed by atoms with Crippen molar-refractivity contribution >= 4 is 27.9 Å². The van der Waals surface area contributed by atoms with Crippen LogP contribution in [0.3, 0.4) is 0 Å². The van der Waals surface area contributed by atoms with Crippen LogP contribution in [0.25, 0.3) is 21.9 Å². The second-order valence-electron chi connectivity index (χ2n) is 7.67. The van der Waals surface area contributed by atoms with Crippen LogP contribution in [0.5, 0.6) is 23.0 Å². The molecule has 35 heavy (non-hydrogen) atoms. The van der Waals surface area contributed by atoms with Gasteiger partial charge in [0.05, 0.1) is 5.39 Å². The zero-order valence-electron chi connectivity index (χ0n) is 18.5. The molecule has 0 amide bonds. The molecule has 8 nitrogen and oxygen atoms in total. The van der Waals surface area contributed by atoms with Crippen molar-refractivity contribution in [3.63, 3.8) is 0 Å². The van der Waals surface area contributed by atoms with Gasteiger partial charge in [0.1, 0.15) is 34.7 Å². The Labute approximate surface area is 197 Å². The van der Waals surface area contributed by atoms with Crippen molar-refractivity contribution in [2.45, 2.75) is 6.92 Å². The van der Waals surface area contributed by atoms with Gasteiger partial charge in [0.15, 0.2) is 6.61 Å². The lowest BCUT2D eigenvalue weighted by Gasteiger charge is -2.09. The van der Waals surface area contributed by atoms with Crippen LogP contribution in [0, 0.1) is 6.92 Å². The van der Waals surface area contributed by atoms with E-state index in [0.29, 0.717) is 22.5 Å². The van der Waals surface area contributed by atoms with Crippen molar-refractivity contribution < 1.29 is 27.8 Å². The number of esters is 1. The molecule has 0 fully saturated rings. The molecule has 0 aliphatic rings. The van der Waals surface area contributed by atoms with Crippen LogP contribution >= 0.6 is 0 Å². The van der Waals surface area contributed by atoms with Crippen LogP contribution in [0.1, 0.15) is 5.56 Å². The zero-order chi connectivity index (χ0) is 24.4. The van der Waals surface area contributed by atoms with Crippen LogP contribution < -0.4 is 25.3 Å². The summed E-state index contributed by atoms with van der Waals surface area (Å²) < 4.78 is 27.1. The summed E-state index contributed by atoms with van der Waals surface area (Å²) in [5.74, 6) is 0.445. The highest BCUT2D eigenvalue weighted by molar-refractivity contribution is 5.83. The minimum absolute atomic E-state index is 0.0577. The van der Waals surface area contributed by atoms with E-state index in [-0.39, 0.29) is 29.1 Å². The van der Waals surface area contributed by atoms with Crippen molar-refractivity contribution in [3.05, 3.63) is 105 Å². The van der Waals surface area contributed by atoms with Crippen LogP contribution in [0.15, 0.2) is 97.5 Å². The molecule has 0 saturated carbocycles. The summed E-state index contributed by atoms with van der Waals surface area (Å²) in [5, 5.41) is 1.05. The largest absolute Gasteiger partial charge is 0.482 e. The summed E-state index contributed by atoms with van der Waals surface area (Å²) in [7, 11) is 0. The molecule has 0 radical (unpaired) electrons. The smallest absolute Gasteiger partial charge is 0.349 e. The van der Waals surface area contributed by atoms with E-state index in [9.17, 15) is 14.4 Å². The number of hydrogen-bond donors (Lipinski definition) is 0. The second-order valence-corrected chi connectivity index (χ2v) is 7.67. The number of carbonyl (C=O) groups excluding carboxylic acids is 1. The molecule has 2 heterocycles. The molecule has 0 saturated heterocycles. The molecule has 0 N–H and O–H groups in total. The van der Waals surface area contributed by atoms with E-state index in [4.69, 9.17) is 23.0 Å². The number of fused-ring (bicyclic) bond motifs is 2. The van der Waals surface area contributed by atoms with E-state index in [2.05, 4.69) is 0 Å². The zero-order valence-corrected chi connectivity index (χ0v) is 18.5. The summed E-state index contributed by atoms with van der Waals surface area (Å²) >= 11 is 0. The number of rotatable bonds is 6. The summed E-state index contributed by atoms with van der Waals surface area (Å²) in [4.78, 5) is 36.6. The number of hydrogen-bond acceptors (Lipinski definition) is 8. The molecule has 0 atom stereocenters. The molecule has 0 aliphatic carbocycles. The maximum absolute atomic E-state index is 12.7. The van der Waals surface area contributed by atoms with Crippen molar-refractivity contribution in [1.82, 2.24) is 0 Å². The predicted octanol–water partition coefficient (Wildman–Crippen LogP) is 4.98. The first-order valence-corrected chi connectivity index (χ1v) is 10.6. The first-order valence-electron chi connectivity index (χ1n) is 10.6. The molecule has 174 valence electrons. The number of benzene rings is 3. The lowest BCUT2D eigenvalue weighted by Crippen LogP contribution is -2.17. The summed E-state index contributed by atoms with van der Waals surface area (Å²) in [6.45, 7) is 1.41. The van der Waals surface area contributed by atoms with Gasteiger partial charge in [-0.2, -0.15) is 0 Å². The van der Waals surface area contributed by atoms with E-state index in [0.717, 1.165) is 10.9 Å². The van der Waals surface area contributed by atoms with Gasteiger partial charge in [-0.15, -0.1) is 0 Å². The van der Waals surface area contributed by atoms with Gasteiger partial charge in [0, 0.05) is 23.6 Å².